The molecule has 1 unspecified atom stereocenters. The van der Waals surface area contributed by atoms with Gasteiger partial charge in [0.1, 0.15) is 0 Å². The van der Waals surface area contributed by atoms with E-state index in [0.717, 1.165) is 45.3 Å². The molecule has 1 saturated heterocycles. The molecule has 0 aromatic carbocycles. The molecule has 1 heterocycles. The van der Waals surface area contributed by atoms with Gasteiger partial charge in [-0.3, -0.25) is 0 Å². The molecule has 0 spiro atoms. The SMILES string of the molecule is CC(C)CCOCCOCC1CCCNC1. The molecule has 0 saturated carbocycles. The van der Waals surface area contributed by atoms with E-state index in [4.69, 9.17) is 9.47 Å². The van der Waals surface area contributed by atoms with E-state index in [2.05, 4.69) is 19.2 Å². The Bertz CT molecular complexity index is 156. The molecule has 3 heteroatoms. The summed E-state index contributed by atoms with van der Waals surface area (Å²) in [5.41, 5.74) is 0. The van der Waals surface area contributed by atoms with Crippen LogP contribution in [0.3, 0.4) is 0 Å². The van der Waals surface area contributed by atoms with Crippen molar-refractivity contribution in [3.63, 3.8) is 0 Å². The summed E-state index contributed by atoms with van der Waals surface area (Å²) in [4.78, 5) is 0. The lowest BCUT2D eigenvalue weighted by atomic mass is 10.0. The van der Waals surface area contributed by atoms with Crippen LogP contribution >= 0.6 is 0 Å². The first-order chi connectivity index (χ1) is 7.79. The number of piperidine rings is 1. The maximum Gasteiger partial charge on any atom is 0.0700 e. The van der Waals surface area contributed by atoms with Crippen LogP contribution in [0.1, 0.15) is 33.1 Å². The molecule has 96 valence electrons. The van der Waals surface area contributed by atoms with Gasteiger partial charge in [-0.05, 0) is 37.6 Å². The maximum atomic E-state index is 5.62. The molecule has 1 rings (SSSR count). The lowest BCUT2D eigenvalue weighted by molar-refractivity contribution is 0.0272. The van der Waals surface area contributed by atoms with Crippen molar-refractivity contribution >= 4 is 0 Å². The molecule has 1 N–H and O–H groups in total. The van der Waals surface area contributed by atoms with Gasteiger partial charge in [-0.15, -0.1) is 0 Å². The molecule has 1 aliphatic heterocycles. The second-order valence-electron chi connectivity index (χ2n) is 5.08. The van der Waals surface area contributed by atoms with E-state index in [0.29, 0.717) is 5.92 Å². The highest BCUT2D eigenvalue weighted by Gasteiger charge is 2.12. The van der Waals surface area contributed by atoms with E-state index in [9.17, 15) is 0 Å². The molecule has 0 aliphatic carbocycles. The largest absolute Gasteiger partial charge is 0.379 e. The molecule has 1 atom stereocenters. The van der Waals surface area contributed by atoms with E-state index < -0.39 is 0 Å². The summed E-state index contributed by atoms with van der Waals surface area (Å²) in [5, 5.41) is 3.40. The first kappa shape index (κ1) is 13.9. The molecule has 1 aliphatic rings. The minimum absolute atomic E-state index is 0.712. The quantitative estimate of drug-likeness (QED) is 0.646. The zero-order valence-electron chi connectivity index (χ0n) is 10.8. The smallest absolute Gasteiger partial charge is 0.0700 e. The topological polar surface area (TPSA) is 30.5 Å². The van der Waals surface area contributed by atoms with Crippen LogP contribution in [0.25, 0.3) is 0 Å². The van der Waals surface area contributed by atoms with Crippen molar-refractivity contribution in [2.45, 2.75) is 33.1 Å². The summed E-state index contributed by atoms with van der Waals surface area (Å²) >= 11 is 0. The van der Waals surface area contributed by atoms with Crippen molar-refractivity contribution < 1.29 is 9.47 Å². The third kappa shape index (κ3) is 7.20. The lowest BCUT2D eigenvalue weighted by Crippen LogP contribution is -2.32. The zero-order valence-corrected chi connectivity index (χ0v) is 10.8. The highest BCUT2D eigenvalue weighted by Crippen LogP contribution is 2.09. The second-order valence-corrected chi connectivity index (χ2v) is 5.08. The summed E-state index contributed by atoms with van der Waals surface area (Å²) < 4.78 is 11.1. The summed E-state index contributed by atoms with van der Waals surface area (Å²) in [6.45, 7) is 9.98. The number of hydrogen-bond acceptors (Lipinski definition) is 3. The van der Waals surface area contributed by atoms with Crippen LogP contribution in [-0.4, -0.2) is 39.5 Å². The molecule has 16 heavy (non-hydrogen) atoms. The monoisotopic (exact) mass is 229 g/mol. The Hall–Kier alpha value is -0.120. The summed E-state index contributed by atoms with van der Waals surface area (Å²) in [6.07, 6.45) is 3.74. The molecule has 0 amide bonds. The number of rotatable bonds is 8. The van der Waals surface area contributed by atoms with Gasteiger partial charge in [0.2, 0.25) is 0 Å². The summed E-state index contributed by atoms with van der Waals surface area (Å²) in [6, 6.07) is 0. The van der Waals surface area contributed by atoms with E-state index in [-0.39, 0.29) is 0 Å². The summed E-state index contributed by atoms with van der Waals surface area (Å²) in [7, 11) is 0. The minimum atomic E-state index is 0.712. The molecule has 3 nitrogen and oxygen atoms in total. The van der Waals surface area contributed by atoms with Crippen LogP contribution in [0, 0.1) is 11.8 Å². The second kappa shape index (κ2) is 8.97. The number of ether oxygens (including phenoxy) is 2. The van der Waals surface area contributed by atoms with Gasteiger partial charge in [-0.2, -0.15) is 0 Å². The fourth-order valence-electron chi connectivity index (χ4n) is 1.86. The average Bonchev–Trinajstić information content (AvgIpc) is 2.29. The Balaban J connectivity index is 1.80. The van der Waals surface area contributed by atoms with E-state index in [1.165, 1.54) is 19.4 Å². The summed E-state index contributed by atoms with van der Waals surface area (Å²) in [5.74, 6) is 1.44. The van der Waals surface area contributed by atoms with Crippen molar-refractivity contribution in [2.24, 2.45) is 11.8 Å². The normalized spacial score (nSPS) is 21.6. The third-order valence-electron chi connectivity index (χ3n) is 2.96. The van der Waals surface area contributed by atoms with Crippen LogP contribution in [0.4, 0.5) is 0 Å². The standard InChI is InChI=1S/C13H27NO2/c1-12(2)5-7-15-8-9-16-11-13-4-3-6-14-10-13/h12-14H,3-11H2,1-2H3. The Morgan fingerprint density at radius 2 is 2.00 bits per heavy atom. The van der Waals surface area contributed by atoms with Gasteiger partial charge in [-0.1, -0.05) is 13.8 Å². The van der Waals surface area contributed by atoms with Crippen LogP contribution in [0.5, 0.6) is 0 Å². The van der Waals surface area contributed by atoms with E-state index in [1.54, 1.807) is 0 Å². The van der Waals surface area contributed by atoms with E-state index in [1.807, 2.05) is 0 Å². The van der Waals surface area contributed by atoms with Crippen LogP contribution in [0.15, 0.2) is 0 Å². The Kier molecular flexibility index (Phi) is 7.81. The van der Waals surface area contributed by atoms with Crippen molar-refractivity contribution in [3.05, 3.63) is 0 Å². The fraction of sp³-hybridized carbons (Fsp3) is 1.00. The number of hydrogen-bond donors (Lipinski definition) is 1. The highest BCUT2D eigenvalue weighted by atomic mass is 16.5. The zero-order chi connectivity index (χ0) is 11.6. The van der Waals surface area contributed by atoms with Gasteiger partial charge in [0.05, 0.1) is 19.8 Å². The van der Waals surface area contributed by atoms with Gasteiger partial charge >= 0.3 is 0 Å². The predicted molar refractivity (Wildman–Crippen MR) is 66.7 cm³/mol. The fourth-order valence-corrected chi connectivity index (χ4v) is 1.86. The Morgan fingerprint density at radius 1 is 1.19 bits per heavy atom. The first-order valence-electron chi connectivity index (χ1n) is 6.65. The third-order valence-corrected chi connectivity index (χ3v) is 2.96. The average molecular weight is 229 g/mol. The van der Waals surface area contributed by atoms with Gasteiger partial charge in [0.15, 0.2) is 0 Å². The Labute approximate surface area is 99.9 Å². The lowest BCUT2D eigenvalue weighted by Gasteiger charge is -2.22. The van der Waals surface area contributed by atoms with E-state index >= 15 is 0 Å². The van der Waals surface area contributed by atoms with Crippen molar-refractivity contribution in [3.8, 4) is 0 Å². The molecule has 0 aromatic heterocycles. The predicted octanol–water partition coefficient (Wildman–Crippen LogP) is 2.07. The van der Waals surface area contributed by atoms with Gasteiger partial charge < -0.3 is 14.8 Å². The van der Waals surface area contributed by atoms with Gasteiger partial charge in [-0.25, -0.2) is 0 Å². The molecular formula is C13H27NO2. The van der Waals surface area contributed by atoms with Crippen LogP contribution < -0.4 is 5.32 Å². The van der Waals surface area contributed by atoms with Crippen LogP contribution in [-0.2, 0) is 9.47 Å². The van der Waals surface area contributed by atoms with Crippen molar-refractivity contribution in [1.82, 2.24) is 5.32 Å². The molecule has 0 bridgehead atoms. The van der Waals surface area contributed by atoms with Crippen LogP contribution in [0.2, 0.25) is 0 Å². The Morgan fingerprint density at radius 3 is 2.69 bits per heavy atom. The molecule has 0 radical (unpaired) electrons. The molecule has 0 aromatic rings. The van der Waals surface area contributed by atoms with Crippen molar-refractivity contribution in [2.75, 3.05) is 39.5 Å². The van der Waals surface area contributed by atoms with Crippen molar-refractivity contribution in [1.29, 1.82) is 0 Å². The highest BCUT2D eigenvalue weighted by molar-refractivity contribution is 4.67. The first-order valence-corrected chi connectivity index (χ1v) is 6.65. The molecule has 1 fully saturated rings. The number of nitrogens with one attached hydrogen (secondary N) is 1. The van der Waals surface area contributed by atoms with Gasteiger partial charge in [0.25, 0.3) is 0 Å². The molecular weight excluding hydrogens is 202 g/mol. The van der Waals surface area contributed by atoms with Gasteiger partial charge in [0, 0.05) is 13.2 Å². The maximum absolute atomic E-state index is 5.62. The minimum Gasteiger partial charge on any atom is -0.379 e.